The Morgan fingerprint density at radius 1 is 0.509 bits per heavy atom. The Bertz CT molecular complexity index is 3390. The summed E-state index contributed by atoms with van der Waals surface area (Å²) in [6.07, 6.45) is -0.341. The van der Waals surface area contributed by atoms with Gasteiger partial charge in [0.2, 0.25) is 0 Å². The number of benzene rings is 8. The Balaban J connectivity index is 0.959. The number of aliphatic imine (C=N–C) groups is 2. The van der Waals surface area contributed by atoms with E-state index in [2.05, 4.69) is 155 Å². The smallest absolute Gasteiger partial charge is 0.159 e. The molecule has 0 saturated heterocycles. The van der Waals surface area contributed by atoms with E-state index in [0.717, 1.165) is 61.3 Å². The lowest BCUT2D eigenvalue weighted by Gasteiger charge is -2.23. The number of thiophene rings is 1. The Morgan fingerprint density at radius 3 is 1.95 bits per heavy atom. The molecule has 0 saturated carbocycles. The predicted molar refractivity (Wildman–Crippen MR) is 238 cm³/mol. The summed E-state index contributed by atoms with van der Waals surface area (Å²) in [5, 5.41) is 10.8. The van der Waals surface area contributed by atoms with E-state index in [4.69, 9.17) is 14.4 Å². The molecule has 3 aromatic heterocycles. The van der Waals surface area contributed by atoms with Crippen LogP contribution in [0.2, 0.25) is 0 Å². The molecule has 11 aromatic rings. The van der Waals surface area contributed by atoms with E-state index in [9.17, 15) is 0 Å². The van der Waals surface area contributed by atoms with Gasteiger partial charge in [-0.2, -0.15) is 0 Å². The fraction of sp³-hybridized carbons (Fsp3) is 0.0196. The minimum Gasteiger partial charge on any atom is -0.455 e. The number of nitrogens with one attached hydrogen (secondary N) is 1. The van der Waals surface area contributed by atoms with Crippen LogP contribution in [0.25, 0.3) is 80.7 Å². The van der Waals surface area contributed by atoms with Crippen molar-refractivity contribution < 1.29 is 4.42 Å². The zero-order valence-corrected chi connectivity index (χ0v) is 31.4. The van der Waals surface area contributed by atoms with Gasteiger partial charge in [-0.1, -0.05) is 133 Å². The maximum Gasteiger partial charge on any atom is 0.159 e. The molecule has 0 radical (unpaired) electrons. The SMILES string of the molecule is c1ccc(C2=NC(c3ccc4c(c3)oc3c(-c5ccc6sc7ccc(-n8c9ccccc9c9ccccc98)cc7c6c5)cccc34)NC(c3ccccc3)=N2)cc1. The number of amidine groups is 2. The quantitative estimate of drug-likeness (QED) is 0.191. The van der Waals surface area contributed by atoms with E-state index in [1.807, 2.05) is 47.7 Å². The number of aromatic nitrogens is 1. The lowest BCUT2D eigenvalue weighted by atomic mass is 10.00. The van der Waals surface area contributed by atoms with Gasteiger partial charge < -0.3 is 14.3 Å². The second-order valence-electron chi connectivity index (χ2n) is 14.6. The van der Waals surface area contributed by atoms with Gasteiger partial charge >= 0.3 is 0 Å². The van der Waals surface area contributed by atoms with Crippen LogP contribution in [-0.4, -0.2) is 16.2 Å². The number of hydrogen-bond acceptors (Lipinski definition) is 5. The summed E-state index contributed by atoms with van der Waals surface area (Å²) in [6.45, 7) is 0. The molecule has 4 heterocycles. The normalized spacial score (nSPS) is 14.5. The average molecular weight is 749 g/mol. The molecule has 0 fully saturated rings. The molecular formula is C51H32N4OS. The zero-order valence-electron chi connectivity index (χ0n) is 30.6. The first-order chi connectivity index (χ1) is 28.2. The zero-order chi connectivity index (χ0) is 37.5. The molecule has 5 nitrogen and oxygen atoms in total. The summed E-state index contributed by atoms with van der Waals surface area (Å²) in [5.74, 6) is 1.49. The lowest BCUT2D eigenvalue weighted by molar-refractivity contribution is 0.655. The van der Waals surface area contributed by atoms with Crippen LogP contribution in [0.3, 0.4) is 0 Å². The minimum atomic E-state index is -0.341. The van der Waals surface area contributed by atoms with Crippen molar-refractivity contribution in [3.05, 3.63) is 199 Å². The van der Waals surface area contributed by atoms with Crippen molar-refractivity contribution in [1.29, 1.82) is 0 Å². The van der Waals surface area contributed by atoms with Gasteiger partial charge in [0.1, 0.15) is 23.2 Å². The summed E-state index contributed by atoms with van der Waals surface area (Å²) >= 11 is 1.84. The van der Waals surface area contributed by atoms with Crippen LogP contribution >= 0.6 is 11.3 Å². The standard InChI is InChI=1S/C51H32N4OS/c1-3-12-31(13-4-1)49-52-50(32-14-5-2-6-15-32)54-51(53-49)34-22-25-39-40-19-11-18-36(48(40)56-45(39)29-34)33-23-26-46-41(28-33)42-30-35(24-27-47(42)57-46)55-43-20-9-7-16-37(43)38-17-8-10-21-44(38)55/h1-30,51H,(H,52,53,54). The molecule has 1 aliphatic rings. The van der Waals surface area contributed by atoms with Crippen LogP contribution in [0.1, 0.15) is 22.9 Å². The number of fused-ring (bicyclic) bond motifs is 9. The first-order valence-corrected chi connectivity index (χ1v) is 20.0. The van der Waals surface area contributed by atoms with Crippen LogP contribution in [0.4, 0.5) is 0 Å². The number of nitrogens with zero attached hydrogens (tertiary/aromatic N) is 3. The van der Waals surface area contributed by atoms with E-state index in [1.54, 1.807) is 0 Å². The van der Waals surface area contributed by atoms with Gasteiger partial charge in [0.05, 0.1) is 11.0 Å². The monoisotopic (exact) mass is 748 g/mol. The predicted octanol–water partition coefficient (Wildman–Crippen LogP) is 13.2. The van der Waals surface area contributed by atoms with Gasteiger partial charge in [0.15, 0.2) is 5.84 Å². The molecular weight excluding hydrogens is 717 g/mol. The first kappa shape index (κ1) is 32.0. The van der Waals surface area contributed by atoms with Gasteiger partial charge in [-0.3, -0.25) is 0 Å². The summed E-state index contributed by atoms with van der Waals surface area (Å²) in [6, 6.07) is 64.4. The van der Waals surface area contributed by atoms with Crippen molar-refractivity contribution in [2.75, 3.05) is 0 Å². The third-order valence-corrected chi connectivity index (χ3v) is 12.4. The topological polar surface area (TPSA) is 54.8 Å². The van der Waals surface area contributed by atoms with Crippen LogP contribution in [0, 0.1) is 0 Å². The highest BCUT2D eigenvalue weighted by molar-refractivity contribution is 7.25. The summed E-state index contributed by atoms with van der Waals surface area (Å²) in [4.78, 5) is 10.1. The van der Waals surface area contributed by atoms with E-state index in [-0.39, 0.29) is 6.17 Å². The molecule has 0 amide bonds. The van der Waals surface area contributed by atoms with Crippen molar-refractivity contribution in [2.45, 2.75) is 6.17 Å². The van der Waals surface area contributed by atoms with Crippen molar-refractivity contribution in [3.63, 3.8) is 0 Å². The van der Waals surface area contributed by atoms with Gasteiger partial charge in [-0.15, -0.1) is 11.3 Å². The molecule has 8 aromatic carbocycles. The molecule has 0 bridgehead atoms. The number of furan rings is 1. The maximum atomic E-state index is 6.82. The van der Waals surface area contributed by atoms with Crippen LogP contribution in [0.5, 0.6) is 0 Å². The van der Waals surface area contributed by atoms with Gasteiger partial charge in [0.25, 0.3) is 0 Å². The molecule has 1 unspecified atom stereocenters. The fourth-order valence-electron chi connectivity index (χ4n) is 8.56. The second kappa shape index (κ2) is 12.6. The molecule has 1 aliphatic heterocycles. The van der Waals surface area contributed by atoms with Crippen molar-refractivity contribution in [3.8, 4) is 16.8 Å². The largest absolute Gasteiger partial charge is 0.455 e. The molecule has 57 heavy (non-hydrogen) atoms. The van der Waals surface area contributed by atoms with Crippen LogP contribution in [0.15, 0.2) is 196 Å². The Morgan fingerprint density at radius 2 is 1.18 bits per heavy atom. The van der Waals surface area contributed by atoms with E-state index >= 15 is 0 Å². The summed E-state index contributed by atoms with van der Waals surface area (Å²) < 4.78 is 11.8. The molecule has 0 spiro atoms. The molecule has 1 N–H and O–H groups in total. The van der Waals surface area contributed by atoms with Crippen LogP contribution < -0.4 is 5.32 Å². The van der Waals surface area contributed by atoms with Gasteiger partial charge in [-0.25, -0.2) is 9.98 Å². The highest BCUT2D eigenvalue weighted by atomic mass is 32.1. The van der Waals surface area contributed by atoms with Crippen molar-refractivity contribution in [2.24, 2.45) is 9.98 Å². The third kappa shape index (κ3) is 5.15. The van der Waals surface area contributed by atoms with E-state index < -0.39 is 0 Å². The number of rotatable bonds is 5. The number of hydrogen-bond donors (Lipinski definition) is 1. The molecule has 268 valence electrons. The summed E-state index contributed by atoms with van der Waals surface area (Å²) in [7, 11) is 0. The third-order valence-electron chi connectivity index (χ3n) is 11.3. The lowest BCUT2D eigenvalue weighted by Crippen LogP contribution is -2.33. The van der Waals surface area contributed by atoms with Gasteiger partial charge in [0, 0.05) is 69.7 Å². The Labute approximate surface area is 331 Å². The maximum absolute atomic E-state index is 6.82. The fourth-order valence-corrected chi connectivity index (χ4v) is 9.63. The molecule has 12 rings (SSSR count). The Hall–Kier alpha value is -7.28. The second-order valence-corrected chi connectivity index (χ2v) is 15.7. The Kier molecular flexibility index (Phi) is 7.09. The van der Waals surface area contributed by atoms with Gasteiger partial charge in [-0.05, 0) is 54.1 Å². The minimum absolute atomic E-state index is 0.341. The van der Waals surface area contributed by atoms with Crippen molar-refractivity contribution >= 4 is 86.9 Å². The summed E-state index contributed by atoms with van der Waals surface area (Å²) in [5.41, 5.74) is 10.5. The average Bonchev–Trinajstić information content (AvgIpc) is 3.95. The molecule has 6 heteroatoms. The van der Waals surface area contributed by atoms with Crippen molar-refractivity contribution in [1.82, 2.24) is 9.88 Å². The van der Waals surface area contributed by atoms with Crippen LogP contribution in [-0.2, 0) is 0 Å². The highest BCUT2D eigenvalue weighted by Gasteiger charge is 2.23. The molecule has 1 atom stereocenters. The molecule has 0 aliphatic carbocycles. The highest BCUT2D eigenvalue weighted by Crippen LogP contribution is 2.42. The van der Waals surface area contributed by atoms with E-state index in [0.29, 0.717) is 5.84 Å². The first-order valence-electron chi connectivity index (χ1n) is 19.2. The van der Waals surface area contributed by atoms with E-state index in [1.165, 1.54) is 42.0 Å². The number of para-hydroxylation sites is 3.